The summed E-state index contributed by atoms with van der Waals surface area (Å²) in [6.07, 6.45) is 1.02. The fourth-order valence-corrected chi connectivity index (χ4v) is 2.48. The zero-order valence-corrected chi connectivity index (χ0v) is 11.8. The smallest absolute Gasteiger partial charge is 0.256 e. The first-order valence-corrected chi connectivity index (χ1v) is 6.56. The van der Waals surface area contributed by atoms with E-state index < -0.39 is 0 Å². The molecular weight excluding hydrogens is 240 g/mol. The van der Waals surface area contributed by atoms with E-state index in [9.17, 15) is 4.79 Å². The number of nitrogens with one attached hydrogen (secondary N) is 1. The van der Waals surface area contributed by atoms with E-state index >= 15 is 0 Å². The second kappa shape index (κ2) is 5.59. The molecule has 5 nitrogen and oxygen atoms in total. The number of hydrogen-bond acceptors (Lipinski definition) is 4. The van der Waals surface area contributed by atoms with Crippen molar-refractivity contribution in [2.45, 2.75) is 19.4 Å². The van der Waals surface area contributed by atoms with Gasteiger partial charge in [-0.3, -0.25) is 10.6 Å². The Bertz CT molecular complexity index is 473. The van der Waals surface area contributed by atoms with Gasteiger partial charge in [-0.15, -0.1) is 0 Å². The van der Waals surface area contributed by atoms with Crippen LogP contribution in [0.25, 0.3) is 0 Å². The number of amides is 1. The molecule has 0 bridgehead atoms. The van der Waals surface area contributed by atoms with E-state index in [0.29, 0.717) is 17.3 Å². The number of hydrazine groups is 1. The van der Waals surface area contributed by atoms with Gasteiger partial charge in [0.2, 0.25) is 0 Å². The van der Waals surface area contributed by atoms with E-state index in [-0.39, 0.29) is 5.91 Å². The van der Waals surface area contributed by atoms with Gasteiger partial charge in [0.25, 0.3) is 5.91 Å². The molecule has 19 heavy (non-hydrogen) atoms. The lowest BCUT2D eigenvalue weighted by Crippen LogP contribution is -2.34. The zero-order valence-electron chi connectivity index (χ0n) is 11.8. The minimum absolute atomic E-state index is 0.0531. The Hall–Kier alpha value is -1.59. The molecule has 1 atom stereocenters. The summed E-state index contributed by atoms with van der Waals surface area (Å²) in [6.45, 7) is 3.57. The molecule has 1 amide bonds. The number of hydrogen-bond donors (Lipinski definition) is 2. The molecule has 2 rings (SSSR count). The molecule has 1 aliphatic rings. The Kier molecular flexibility index (Phi) is 4.07. The highest BCUT2D eigenvalue weighted by Gasteiger charge is 2.28. The summed E-state index contributed by atoms with van der Waals surface area (Å²) in [4.78, 5) is 16.6. The highest BCUT2D eigenvalue weighted by molar-refractivity contribution is 5.99. The predicted octanol–water partition coefficient (Wildman–Crippen LogP) is 1.06. The lowest BCUT2D eigenvalue weighted by atomic mass is 10.1. The highest BCUT2D eigenvalue weighted by Crippen LogP contribution is 2.22. The molecule has 0 aliphatic carbocycles. The number of anilines is 1. The first kappa shape index (κ1) is 13.8. The number of nitrogen functional groups attached to an aromatic ring is 1. The second-order valence-electron chi connectivity index (χ2n) is 5.35. The van der Waals surface area contributed by atoms with Crippen molar-refractivity contribution in [1.82, 2.24) is 9.80 Å². The van der Waals surface area contributed by atoms with Gasteiger partial charge in [-0.05, 0) is 45.1 Å². The van der Waals surface area contributed by atoms with Crippen molar-refractivity contribution in [2.75, 3.05) is 32.6 Å². The van der Waals surface area contributed by atoms with Crippen LogP contribution in [-0.4, -0.2) is 48.9 Å². The van der Waals surface area contributed by atoms with Gasteiger partial charge in [-0.25, -0.2) is 0 Å². The van der Waals surface area contributed by atoms with Crippen LogP contribution in [0.15, 0.2) is 18.2 Å². The van der Waals surface area contributed by atoms with Gasteiger partial charge in [0.1, 0.15) is 0 Å². The topological polar surface area (TPSA) is 61.6 Å². The largest absolute Gasteiger partial charge is 0.337 e. The Morgan fingerprint density at radius 1 is 1.47 bits per heavy atom. The van der Waals surface area contributed by atoms with Gasteiger partial charge in [-0.2, -0.15) is 0 Å². The molecule has 0 spiro atoms. The zero-order chi connectivity index (χ0) is 14.0. The molecular formula is C14H22N4O. The van der Waals surface area contributed by atoms with Gasteiger partial charge in [0.05, 0.1) is 11.3 Å². The molecule has 1 aromatic carbocycles. The maximum absolute atomic E-state index is 12.5. The molecule has 3 N–H and O–H groups in total. The van der Waals surface area contributed by atoms with Crippen LogP contribution in [0.2, 0.25) is 0 Å². The lowest BCUT2D eigenvalue weighted by Gasteiger charge is -2.21. The van der Waals surface area contributed by atoms with Crippen molar-refractivity contribution >= 4 is 11.6 Å². The number of likely N-dealkylation sites (tertiary alicyclic amines) is 1. The molecule has 0 radical (unpaired) electrons. The maximum atomic E-state index is 12.5. The fraction of sp³-hybridized carbons (Fsp3) is 0.500. The monoisotopic (exact) mass is 262 g/mol. The van der Waals surface area contributed by atoms with Crippen LogP contribution in [-0.2, 0) is 0 Å². The predicted molar refractivity (Wildman–Crippen MR) is 77.0 cm³/mol. The van der Waals surface area contributed by atoms with Crippen LogP contribution in [0.5, 0.6) is 0 Å². The molecule has 1 unspecified atom stereocenters. The highest BCUT2D eigenvalue weighted by atomic mass is 16.2. The van der Waals surface area contributed by atoms with E-state index in [1.165, 1.54) is 0 Å². The fourth-order valence-electron chi connectivity index (χ4n) is 2.48. The molecule has 1 saturated heterocycles. The van der Waals surface area contributed by atoms with E-state index in [4.69, 9.17) is 5.84 Å². The van der Waals surface area contributed by atoms with Crippen LogP contribution in [0.1, 0.15) is 22.3 Å². The number of likely N-dealkylation sites (N-methyl/N-ethyl adjacent to an activating group) is 1. The minimum atomic E-state index is 0.0531. The molecule has 1 aromatic rings. The summed E-state index contributed by atoms with van der Waals surface area (Å²) in [5.74, 6) is 5.56. The van der Waals surface area contributed by atoms with Crippen LogP contribution >= 0.6 is 0 Å². The van der Waals surface area contributed by atoms with Crippen molar-refractivity contribution in [1.29, 1.82) is 0 Å². The Labute approximate surface area is 114 Å². The molecule has 1 aliphatic heterocycles. The molecule has 0 aromatic heterocycles. The number of carbonyl (C=O) groups excluding carboxylic acids is 1. The van der Waals surface area contributed by atoms with E-state index in [2.05, 4.69) is 24.4 Å². The first-order valence-electron chi connectivity index (χ1n) is 6.56. The van der Waals surface area contributed by atoms with E-state index in [1.54, 1.807) is 0 Å². The summed E-state index contributed by atoms with van der Waals surface area (Å²) < 4.78 is 0. The van der Waals surface area contributed by atoms with Crippen LogP contribution in [0.3, 0.4) is 0 Å². The number of aryl methyl sites for hydroxylation is 1. The first-order chi connectivity index (χ1) is 9.02. The molecule has 1 heterocycles. The summed E-state index contributed by atoms with van der Waals surface area (Å²) in [7, 11) is 4.11. The average molecular weight is 262 g/mol. The Morgan fingerprint density at radius 3 is 2.79 bits per heavy atom. The van der Waals surface area contributed by atoms with Crippen molar-refractivity contribution in [3.05, 3.63) is 29.3 Å². The Balaban J connectivity index is 2.17. The van der Waals surface area contributed by atoms with Gasteiger partial charge in [0.15, 0.2) is 0 Å². The Morgan fingerprint density at radius 2 is 2.21 bits per heavy atom. The quantitative estimate of drug-likeness (QED) is 0.631. The lowest BCUT2D eigenvalue weighted by molar-refractivity contribution is 0.0784. The third-order valence-electron chi connectivity index (χ3n) is 3.74. The van der Waals surface area contributed by atoms with E-state index in [0.717, 1.165) is 25.1 Å². The number of rotatable bonds is 3. The van der Waals surface area contributed by atoms with E-state index in [1.807, 2.05) is 30.0 Å². The molecule has 1 fully saturated rings. The SMILES string of the molecule is Cc1ccc(C(=O)N2CCC(N(C)C)C2)c(NN)c1. The number of nitrogens with zero attached hydrogens (tertiary/aromatic N) is 2. The number of benzene rings is 1. The molecule has 104 valence electrons. The standard InChI is InChI=1S/C14H22N4O/c1-10-4-5-12(13(8-10)16-15)14(19)18-7-6-11(9-18)17(2)3/h4-5,8,11,16H,6-7,9,15H2,1-3H3. The second-order valence-corrected chi connectivity index (χ2v) is 5.35. The molecule has 0 saturated carbocycles. The van der Waals surface area contributed by atoms with Crippen LogP contribution < -0.4 is 11.3 Å². The van der Waals surface area contributed by atoms with Crippen molar-refractivity contribution in [2.24, 2.45) is 5.84 Å². The van der Waals surface area contributed by atoms with Gasteiger partial charge >= 0.3 is 0 Å². The van der Waals surface area contributed by atoms with Gasteiger partial charge < -0.3 is 15.2 Å². The van der Waals surface area contributed by atoms with Crippen LogP contribution in [0, 0.1) is 6.92 Å². The molecule has 5 heteroatoms. The third-order valence-corrected chi connectivity index (χ3v) is 3.74. The summed E-state index contributed by atoms with van der Waals surface area (Å²) >= 11 is 0. The third kappa shape index (κ3) is 2.88. The van der Waals surface area contributed by atoms with Gasteiger partial charge in [-0.1, -0.05) is 6.07 Å². The average Bonchev–Trinajstić information content (AvgIpc) is 2.87. The maximum Gasteiger partial charge on any atom is 0.256 e. The summed E-state index contributed by atoms with van der Waals surface area (Å²) in [5.41, 5.74) is 5.04. The summed E-state index contributed by atoms with van der Waals surface area (Å²) in [6, 6.07) is 6.12. The number of carbonyl (C=O) groups is 1. The van der Waals surface area contributed by atoms with Gasteiger partial charge in [0, 0.05) is 19.1 Å². The van der Waals surface area contributed by atoms with Crippen molar-refractivity contribution in [3.8, 4) is 0 Å². The van der Waals surface area contributed by atoms with Crippen molar-refractivity contribution < 1.29 is 4.79 Å². The van der Waals surface area contributed by atoms with Crippen LogP contribution in [0.4, 0.5) is 5.69 Å². The minimum Gasteiger partial charge on any atom is -0.337 e. The normalized spacial score (nSPS) is 19.0. The summed E-state index contributed by atoms with van der Waals surface area (Å²) in [5, 5.41) is 0. The number of nitrogens with two attached hydrogens (primary N) is 1. The van der Waals surface area contributed by atoms with Crippen molar-refractivity contribution in [3.63, 3.8) is 0 Å².